The van der Waals surface area contributed by atoms with Crippen LogP contribution in [-0.2, 0) is 11.2 Å². The molecule has 1 atom stereocenters. The van der Waals surface area contributed by atoms with Gasteiger partial charge in [-0.25, -0.2) is 4.98 Å². The fourth-order valence-corrected chi connectivity index (χ4v) is 2.50. The first-order valence-electron chi connectivity index (χ1n) is 6.25. The highest BCUT2D eigenvalue weighted by molar-refractivity contribution is 5.32. The van der Waals surface area contributed by atoms with Gasteiger partial charge in [0.05, 0.1) is 0 Å². The Hall–Kier alpha value is -1.13. The summed E-state index contributed by atoms with van der Waals surface area (Å²) in [5, 5.41) is 3.42. The van der Waals surface area contributed by atoms with Gasteiger partial charge >= 0.3 is 0 Å². The van der Waals surface area contributed by atoms with Crippen LogP contribution in [0.4, 0.5) is 5.82 Å². The van der Waals surface area contributed by atoms with Gasteiger partial charge in [-0.3, -0.25) is 0 Å². The van der Waals surface area contributed by atoms with Crippen molar-refractivity contribution in [2.24, 2.45) is 5.92 Å². The van der Waals surface area contributed by atoms with Crippen LogP contribution in [0.1, 0.15) is 18.4 Å². The lowest BCUT2D eigenvalue weighted by atomic mass is 9.88. The van der Waals surface area contributed by atoms with Gasteiger partial charge in [0, 0.05) is 25.5 Å². The zero-order chi connectivity index (χ0) is 12.1. The smallest absolute Gasteiger partial charge is 0.123 e. The summed E-state index contributed by atoms with van der Waals surface area (Å²) in [6, 6.07) is 4.50. The zero-order valence-corrected chi connectivity index (χ0v) is 10.4. The molecule has 2 rings (SSSR count). The van der Waals surface area contributed by atoms with Crippen LogP contribution >= 0.6 is 0 Å². The van der Waals surface area contributed by atoms with Gasteiger partial charge in [-0.2, -0.15) is 0 Å². The molecule has 4 heteroatoms. The maximum absolute atomic E-state index is 5.70. The number of hydrogen-bond donors (Lipinski definition) is 2. The summed E-state index contributed by atoms with van der Waals surface area (Å²) >= 11 is 0. The monoisotopic (exact) mass is 235 g/mol. The fraction of sp³-hybridized carbons (Fsp3) is 0.615. The molecule has 0 aromatic carbocycles. The molecule has 0 radical (unpaired) electrons. The zero-order valence-electron chi connectivity index (χ0n) is 10.4. The van der Waals surface area contributed by atoms with Crippen molar-refractivity contribution in [1.82, 2.24) is 10.3 Å². The van der Waals surface area contributed by atoms with Crippen molar-refractivity contribution in [2.75, 3.05) is 26.0 Å². The number of hydrogen-bond acceptors (Lipinski definition) is 4. The second-order valence-electron chi connectivity index (χ2n) is 4.64. The van der Waals surface area contributed by atoms with E-state index in [1.165, 1.54) is 5.56 Å². The summed E-state index contributed by atoms with van der Waals surface area (Å²) < 4.78 is 5.41. The van der Waals surface area contributed by atoms with Gasteiger partial charge < -0.3 is 15.8 Å². The molecule has 0 saturated carbocycles. The van der Waals surface area contributed by atoms with Gasteiger partial charge in [-0.05, 0) is 49.9 Å². The molecule has 1 unspecified atom stereocenters. The number of nitrogen functional groups attached to an aromatic ring is 1. The third-order valence-electron chi connectivity index (χ3n) is 3.51. The molecule has 1 aromatic heterocycles. The second-order valence-corrected chi connectivity index (χ2v) is 4.64. The predicted molar refractivity (Wildman–Crippen MR) is 68.7 cm³/mol. The van der Waals surface area contributed by atoms with E-state index in [1.807, 2.05) is 19.2 Å². The maximum atomic E-state index is 5.70. The molecule has 17 heavy (non-hydrogen) atoms. The summed E-state index contributed by atoms with van der Waals surface area (Å²) in [6.45, 7) is 1.78. The van der Waals surface area contributed by atoms with E-state index in [4.69, 9.17) is 10.5 Å². The number of nitrogens with zero attached hydrogens (tertiary/aromatic N) is 1. The van der Waals surface area contributed by atoms with E-state index >= 15 is 0 Å². The summed E-state index contributed by atoms with van der Waals surface area (Å²) in [7, 11) is 2.03. The number of anilines is 1. The summed E-state index contributed by atoms with van der Waals surface area (Å²) in [5.74, 6) is 1.30. The molecule has 1 fully saturated rings. The number of ether oxygens (including phenoxy) is 1. The van der Waals surface area contributed by atoms with Gasteiger partial charge in [0.2, 0.25) is 0 Å². The molecule has 2 heterocycles. The minimum Gasteiger partial charge on any atom is -0.384 e. The predicted octanol–water partition coefficient (Wildman–Crippen LogP) is 1.22. The summed E-state index contributed by atoms with van der Waals surface area (Å²) in [4.78, 5) is 4.02. The Balaban J connectivity index is 1.98. The number of aromatic nitrogens is 1. The molecule has 1 saturated heterocycles. The van der Waals surface area contributed by atoms with Gasteiger partial charge in [0.25, 0.3) is 0 Å². The van der Waals surface area contributed by atoms with E-state index in [0.717, 1.165) is 32.5 Å². The Labute approximate surface area is 103 Å². The van der Waals surface area contributed by atoms with E-state index < -0.39 is 0 Å². The van der Waals surface area contributed by atoms with Crippen LogP contribution in [0.3, 0.4) is 0 Å². The van der Waals surface area contributed by atoms with Gasteiger partial charge in [0.1, 0.15) is 5.82 Å². The van der Waals surface area contributed by atoms with Crippen LogP contribution in [0, 0.1) is 5.92 Å². The van der Waals surface area contributed by atoms with Crippen molar-refractivity contribution >= 4 is 5.82 Å². The summed E-state index contributed by atoms with van der Waals surface area (Å²) in [6.07, 6.45) is 5.08. The van der Waals surface area contributed by atoms with Crippen LogP contribution in [-0.4, -0.2) is 31.3 Å². The minimum absolute atomic E-state index is 0.501. The standard InChI is InChI=1S/C13H21N3O/c1-15-12(11-3-6-17-7-4-11)8-10-2-5-16-13(14)9-10/h2,5,9,11-12,15H,3-4,6-8H2,1H3,(H2,14,16). The van der Waals surface area contributed by atoms with E-state index in [1.54, 1.807) is 6.20 Å². The van der Waals surface area contributed by atoms with E-state index in [-0.39, 0.29) is 0 Å². The molecular formula is C13H21N3O. The lowest BCUT2D eigenvalue weighted by molar-refractivity contribution is 0.0547. The number of pyridine rings is 1. The lowest BCUT2D eigenvalue weighted by Crippen LogP contribution is -2.38. The molecular weight excluding hydrogens is 214 g/mol. The van der Waals surface area contributed by atoms with Crippen molar-refractivity contribution in [3.8, 4) is 0 Å². The normalized spacial score (nSPS) is 19.1. The van der Waals surface area contributed by atoms with Gasteiger partial charge in [-0.1, -0.05) is 0 Å². The van der Waals surface area contributed by atoms with Gasteiger partial charge in [-0.15, -0.1) is 0 Å². The number of likely N-dealkylation sites (N-methyl/N-ethyl adjacent to an activating group) is 1. The highest BCUT2D eigenvalue weighted by Crippen LogP contribution is 2.21. The number of rotatable bonds is 4. The average Bonchev–Trinajstić information content (AvgIpc) is 2.37. The Morgan fingerprint density at radius 3 is 2.94 bits per heavy atom. The highest BCUT2D eigenvalue weighted by Gasteiger charge is 2.22. The Bertz CT molecular complexity index is 350. The molecule has 1 aliphatic rings. The molecule has 0 aliphatic carbocycles. The molecule has 3 N–H and O–H groups in total. The Morgan fingerprint density at radius 2 is 2.29 bits per heavy atom. The molecule has 4 nitrogen and oxygen atoms in total. The first-order chi connectivity index (χ1) is 8.29. The molecule has 1 aromatic rings. The number of nitrogens with two attached hydrogens (primary N) is 1. The minimum atomic E-state index is 0.501. The van der Waals surface area contributed by atoms with Crippen molar-refractivity contribution in [2.45, 2.75) is 25.3 Å². The van der Waals surface area contributed by atoms with E-state index in [9.17, 15) is 0 Å². The lowest BCUT2D eigenvalue weighted by Gasteiger charge is -2.30. The van der Waals surface area contributed by atoms with E-state index in [0.29, 0.717) is 17.8 Å². The first-order valence-corrected chi connectivity index (χ1v) is 6.25. The molecule has 0 spiro atoms. The molecule has 0 bridgehead atoms. The Kier molecular flexibility index (Phi) is 4.34. The fourth-order valence-electron chi connectivity index (χ4n) is 2.50. The largest absolute Gasteiger partial charge is 0.384 e. The quantitative estimate of drug-likeness (QED) is 0.824. The van der Waals surface area contributed by atoms with Crippen LogP contribution < -0.4 is 11.1 Å². The SMILES string of the molecule is CNC(Cc1ccnc(N)c1)C1CCOCC1. The van der Waals surface area contributed by atoms with Gasteiger partial charge in [0.15, 0.2) is 0 Å². The van der Waals surface area contributed by atoms with Crippen LogP contribution in [0.2, 0.25) is 0 Å². The number of nitrogens with one attached hydrogen (secondary N) is 1. The molecule has 94 valence electrons. The van der Waals surface area contributed by atoms with Crippen molar-refractivity contribution in [3.63, 3.8) is 0 Å². The first kappa shape index (κ1) is 12.3. The summed E-state index contributed by atoms with van der Waals surface area (Å²) in [5.41, 5.74) is 6.96. The topological polar surface area (TPSA) is 60.2 Å². The van der Waals surface area contributed by atoms with Crippen LogP contribution in [0.15, 0.2) is 18.3 Å². The van der Waals surface area contributed by atoms with Crippen molar-refractivity contribution in [1.29, 1.82) is 0 Å². The highest BCUT2D eigenvalue weighted by atomic mass is 16.5. The van der Waals surface area contributed by atoms with E-state index in [2.05, 4.69) is 10.3 Å². The van der Waals surface area contributed by atoms with Crippen molar-refractivity contribution < 1.29 is 4.74 Å². The third-order valence-corrected chi connectivity index (χ3v) is 3.51. The van der Waals surface area contributed by atoms with Crippen molar-refractivity contribution in [3.05, 3.63) is 23.9 Å². The Morgan fingerprint density at radius 1 is 1.53 bits per heavy atom. The average molecular weight is 235 g/mol. The maximum Gasteiger partial charge on any atom is 0.123 e. The molecule has 0 amide bonds. The van der Waals surface area contributed by atoms with Crippen LogP contribution in [0.5, 0.6) is 0 Å². The second kappa shape index (κ2) is 5.98. The molecule has 1 aliphatic heterocycles. The third kappa shape index (κ3) is 3.41. The van der Waals surface area contributed by atoms with Crippen LogP contribution in [0.25, 0.3) is 0 Å².